The highest BCUT2D eigenvalue weighted by molar-refractivity contribution is 7.17. The number of fused-ring (bicyclic) bond motifs is 3. The Morgan fingerprint density at radius 1 is 0.857 bits per heavy atom. The summed E-state index contributed by atoms with van der Waals surface area (Å²) in [7, 11) is 1.64. The number of para-hydroxylation sites is 1. The zero-order valence-electron chi connectivity index (χ0n) is 26.9. The van der Waals surface area contributed by atoms with Crippen LogP contribution in [-0.4, -0.2) is 36.5 Å². The topological polar surface area (TPSA) is 107 Å². The molecular formula is C39H34ClN3O5S. The van der Waals surface area contributed by atoms with Crippen LogP contribution < -0.4 is 15.4 Å². The van der Waals surface area contributed by atoms with Crippen LogP contribution in [0.1, 0.15) is 73.7 Å². The van der Waals surface area contributed by atoms with Crippen molar-refractivity contribution in [2.24, 2.45) is 0 Å². The molecule has 3 aromatic carbocycles. The summed E-state index contributed by atoms with van der Waals surface area (Å²) in [6, 6.07) is 22.2. The van der Waals surface area contributed by atoms with Crippen LogP contribution in [0.2, 0.25) is 5.02 Å². The Balaban J connectivity index is 1.13. The van der Waals surface area contributed by atoms with Crippen molar-refractivity contribution >= 4 is 74.0 Å². The van der Waals surface area contributed by atoms with Crippen LogP contribution in [0, 0.1) is 0 Å². The third kappa shape index (κ3) is 6.95. The number of thiophene rings is 1. The first-order chi connectivity index (χ1) is 23.9. The maximum absolute atomic E-state index is 13.9. The first kappa shape index (κ1) is 32.6. The van der Waals surface area contributed by atoms with E-state index < -0.39 is 18.5 Å². The van der Waals surface area contributed by atoms with Gasteiger partial charge in [0.2, 0.25) is 0 Å². The molecule has 2 aromatic heterocycles. The van der Waals surface area contributed by atoms with E-state index in [9.17, 15) is 14.4 Å². The number of nitrogens with zero attached hydrogens (tertiary/aromatic N) is 1. The minimum Gasteiger partial charge on any atom is -0.497 e. The molecule has 0 saturated carbocycles. The molecule has 49 heavy (non-hydrogen) atoms. The lowest BCUT2D eigenvalue weighted by molar-refractivity contribution is -0.119. The Hall–Kier alpha value is -4.99. The molecular weight excluding hydrogens is 658 g/mol. The van der Waals surface area contributed by atoms with Gasteiger partial charge in [0.25, 0.3) is 11.8 Å². The van der Waals surface area contributed by atoms with E-state index in [-0.39, 0.29) is 5.91 Å². The number of carbonyl (C=O) groups excluding carboxylic acids is 3. The van der Waals surface area contributed by atoms with Crippen LogP contribution in [0.4, 0.5) is 10.7 Å². The molecule has 2 amide bonds. The number of carbonyl (C=O) groups is 3. The Bertz CT molecular complexity index is 2100. The normalized spacial score (nSPS) is 14.5. The predicted octanol–water partition coefficient (Wildman–Crippen LogP) is 8.76. The third-order valence-corrected chi connectivity index (χ3v) is 10.4. The maximum atomic E-state index is 13.9. The van der Waals surface area contributed by atoms with E-state index in [0.717, 1.165) is 77.1 Å². The van der Waals surface area contributed by atoms with Gasteiger partial charge in [-0.2, -0.15) is 0 Å². The van der Waals surface area contributed by atoms with Gasteiger partial charge in [-0.1, -0.05) is 41.9 Å². The first-order valence-electron chi connectivity index (χ1n) is 16.3. The Morgan fingerprint density at radius 2 is 1.61 bits per heavy atom. The minimum absolute atomic E-state index is 0.303. The summed E-state index contributed by atoms with van der Waals surface area (Å²) in [6.07, 6.45) is 8.03. The molecule has 7 rings (SSSR count). The zero-order chi connectivity index (χ0) is 33.9. The van der Waals surface area contributed by atoms with Crippen molar-refractivity contribution in [1.82, 2.24) is 4.98 Å². The van der Waals surface area contributed by atoms with Gasteiger partial charge in [0.15, 0.2) is 6.61 Å². The number of aromatic nitrogens is 1. The number of esters is 1. The molecule has 0 radical (unpaired) electrons. The largest absolute Gasteiger partial charge is 0.497 e. The number of halogens is 1. The molecule has 0 saturated heterocycles. The molecule has 0 bridgehead atoms. The molecule has 2 aliphatic rings. The summed E-state index contributed by atoms with van der Waals surface area (Å²) < 4.78 is 11.0. The number of hydrogen-bond donors (Lipinski definition) is 2. The van der Waals surface area contributed by atoms with Gasteiger partial charge in [-0.05, 0) is 116 Å². The minimum atomic E-state index is -0.582. The molecule has 0 fully saturated rings. The van der Waals surface area contributed by atoms with Crippen molar-refractivity contribution in [2.45, 2.75) is 44.9 Å². The van der Waals surface area contributed by atoms with Crippen LogP contribution in [0.25, 0.3) is 22.6 Å². The Labute approximate surface area is 293 Å². The van der Waals surface area contributed by atoms with Gasteiger partial charge >= 0.3 is 5.97 Å². The zero-order valence-corrected chi connectivity index (χ0v) is 28.5. The number of ether oxygens (including phenoxy) is 2. The second-order valence-corrected chi connectivity index (χ2v) is 13.7. The van der Waals surface area contributed by atoms with Crippen molar-refractivity contribution < 1.29 is 23.9 Å². The Kier molecular flexibility index (Phi) is 9.46. The van der Waals surface area contributed by atoms with E-state index in [4.69, 9.17) is 26.1 Å². The third-order valence-electron chi connectivity index (χ3n) is 8.92. The number of allylic oxidation sites excluding steroid dienone is 1. The fourth-order valence-electron chi connectivity index (χ4n) is 6.60. The molecule has 0 spiro atoms. The number of nitrogens with one attached hydrogen (secondary N) is 2. The fourth-order valence-corrected chi connectivity index (χ4v) is 8.03. The number of benzene rings is 3. The number of methoxy groups -OCH3 is 1. The van der Waals surface area contributed by atoms with Crippen LogP contribution in [0.3, 0.4) is 0 Å². The lowest BCUT2D eigenvalue weighted by Gasteiger charge is -2.22. The van der Waals surface area contributed by atoms with Crippen LogP contribution in [0.5, 0.6) is 5.75 Å². The predicted molar refractivity (Wildman–Crippen MR) is 195 cm³/mol. The van der Waals surface area contributed by atoms with E-state index in [2.05, 4.69) is 16.7 Å². The van der Waals surface area contributed by atoms with Gasteiger partial charge in [0, 0.05) is 21.0 Å². The van der Waals surface area contributed by atoms with E-state index in [0.29, 0.717) is 44.2 Å². The average Bonchev–Trinajstić information content (AvgIpc) is 3.49. The van der Waals surface area contributed by atoms with Gasteiger partial charge in [-0.15, -0.1) is 11.3 Å². The van der Waals surface area contributed by atoms with E-state index in [1.807, 2.05) is 48.5 Å². The number of pyridine rings is 1. The highest BCUT2D eigenvalue weighted by atomic mass is 35.5. The molecule has 2 aliphatic carbocycles. The van der Waals surface area contributed by atoms with Gasteiger partial charge in [-0.25, -0.2) is 9.78 Å². The van der Waals surface area contributed by atoms with Crippen molar-refractivity contribution in [2.75, 3.05) is 24.4 Å². The number of anilines is 2. The molecule has 248 valence electrons. The smallest absolute Gasteiger partial charge is 0.339 e. The highest BCUT2D eigenvalue weighted by Crippen LogP contribution is 2.39. The summed E-state index contributed by atoms with van der Waals surface area (Å²) >= 11 is 7.43. The lowest BCUT2D eigenvalue weighted by atomic mass is 9.86. The van der Waals surface area contributed by atoms with Crippen molar-refractivity contribution in [3.63, 3.8) is 0 Å². The van der Waals surface area contributed by atoms with Crippen LogP contribution in [0.15, 0.2) is 72.8 Å². The maximum Gasteiger partial charge on any atom is 0.339 e. The summed E-state index contributed by atoms with van der Waals surface area (Å²) in [6.45, 7) is -0.500. The molecule has 2 heterocycles. The standard InChI is InChI=1S/C39H34ClN3O5S/c1-47-27-19-13-23(14-20-27)21-24-7-6-10-30-34(28-8-2-4-11-31(28)42-36(24)30)39(46)48-22-33(44)43-38-35(29-9-3-5-12-32(29)49-38)37(45)41-26-17-15-25(40)16-18-26/h2,4,8,11,13-21H,3,5-7,9-10,12,22H2,1H3,(H,41,45)(H,43,44)/b24-21+. The average molecular weight is 692 g/mol. The lowest BCUT2D eigenvalue weighted by Crippen LogP contribution is -2.24. The molecule has 0 aliphatic heterocycles. The van der Waals surface area contributed by atoms with Gasteiger partial charge < -0.3 is 20.1 Å². The number of rotatable bonds is 8. The molecule has 0 unspecified atom stereocenters. The molecule has 5 aromatic rings. The van der Waals surface area contributed by atoms with E-state index in [1.165, 1.54) is 11.3 Å². The number of amides is 2. The van der Waals surface area contributed by atoms with Crippen LogP contribution >= 0.6 is 22.9 Å². The molecule has 8 nitrogen and oxygen atoms in total. The number of aryl methyl sites for hydroxylation is 1. The summed E-state index contributed by atoms with van der Waals surface area (Å²) in [4.78, 5) is 46.8. The van der Waals surface area contributed by atoms with Crippen molar-refractivity contribution in [1.29, 1.82) is 0 Å². The molecule has 10 heteroatoms. The molecule has 2 N–H and O–H groups in total. The van der Waals surface area contributed by atoms with Gasteiger partial charge in [0.05, 0.1) is 29.4 Å². The quantitative estimate of drug-likeness (QED) is 0.158. The van der Waals surface area contributed by atoms with Crippen molar-refractivity contribution in [3.05, 3.63) is 116 Å². The highest BCUT2D eigenvalue weighted by Gasteiger charge is 2.29. The summed E-state index contributed by atoms with van der Waals surface area (Å²) in [5.74, 6) is -0.621. The Morgan fingerprint density at radius 3 is 2.41 bits per heavy atom. The van der Waals surface area contributed by atoms with Gasteiger partial charge in [-0.3, -0.25) is 9.59 Å². The van der Waals surface area contributed by atoms with E-state index >= 15 is 0 Å². The van der Waals surface area contributed by atoms with E-state index in [1.54, 1.807) is 31.4 Å². The monoisotopic (exact) mass is 691 g/mol. The fraction of sp³-hybridized carbons (Fsp3) is 0.231. The summed E-state index contributed by atoms with van der Waals surface area (Å²) in [5, 5.41) is 7.53. The second-order valence-electron chi connectivity index (χ2n) is 12.1. The van der Waals surface area contributed by atoms with Crippen LogP contribution in [-0.2, 0) is 28.8 Å². The first-order valence-corrected chi connectivity index (χ1v) is 17.5. The summed E-state index contributed by atoms with van der Waals surface area (Å²) in [5.41, 5.74) is 6.78. The molecule has 0 atom stereocenters. The van der Waals surface area contributed by atoms with Gasteiger partial charge in [0.1, 0.15) is 10.8 Å². The van der Waals surface area contributed by atoms with Crippen molar-refractivity contribution in [3.8, 4) is 5.75 Å². The number of hydrogen-bond acceptors (Lipinski definition) is 7. The second kappa shape index (κ2) is 14.2. The SMILES string of the molecule is COc1ccc(/C=C2\CCCc3c2nc2ccccc2c3C(=O)OCC(=O)Nc2sc3c(c2C(=O)Nc2ccc(Cl)cc2)CCCC3)cc1.